The number of carbonyl (C=O) groups excluding carboxylic acids is 1. The van der Waals surface area contributed by atoms with Gasteiger partial charge in [0.25, 0.3) is 0 Å². The standard InChI is InChI=1S/C30H51N5O3/c1-30(2,3)29-32-25(21-38-4)20-27(33-29)35-17-15-34(16-18-35)14-13-22-5-9-24(10-6-22)31-28(37)19-23-7-11-26(36)12-8-23/h20,22-24,26,36H,5-19,21H2,1-4H3,(H,31,37). The summed E-state index contributed by atoms with van der Waals surface area (Å²) in [5.41, 5.74) is 0.854. The number of amides is 1. The van der Waals surface area contributed by atoms with Crippen molar-refractivity contribution in [1.29, 1.82) is 0 Å². The van der Waals surface area contributed by atoms with Gasteiger partial charge in [0.15, 0.2) is 0 Å². The summed E-state index contributed by atoms with van der Waals surface area (Å²) in [6, 6.07) is 2.44. The molecule has 0 aromatic carbocycles. The lowest BCUT2D eigenvalue weighted by Crippen LogP contribution is -2.47. The number of nitrogens with zero attached hydrogens (tertiary/aromatic N) is 4. The van der Waals surface area contributed by atoms with Gasteiger partial charge in [-0.25, -0.2) is 9.97 Å². The van der Waals surface area contributed by atoms with Crippen molar-refractivity contribution in [3.63, 3.8) is 0 Å². The number of nitrogens with one attached hydrogen (secondary N) is 1. The fourth-order valence-electron chi connectivity index (χ4n) is 6.26. The maximum Gasteiger partial charge on any atom is 0.220 e. The molecule has 0 spiro atoms. The Kier molecular flexibility index (Phi) is 10.4. The predicted octanol–water partition coefficient (Wildman–Crippen LogP) is 4.05. The molecule has 1 aliphatic heterocycles. The molecular formula is C30H51N5O3. The number of hydrogen-bond donors (Lipinski definition) is 2. The summed E-state index contributed by atoms with van der Waals surface area (Å²) in [7, 11) is 1.71. The number of hydrogen-bond acceptors (Lipinski definition) is 7. The van der Waals surface area contributed by atoms with Crippen molar-refractivity contribution >= 4 is 11.7 Å². The minimum Gasteiger partial charge on any atom is -0.393 e. The maximum atomic E-state index is 12.5. The van der Waals surface area contributed by atoms with Crippen LogP contribution in [0.2, 0.25) is 0 Å². The smallest absolute Gasteiger partial charge is 0.220 e. The van der Waals surface area contributed by atoms with Crippen molar-refractivity contribution in [1.82, 2.24) is 20.2 Å². The molecule has 8 heteroatoms. The van der Waals surface area contributed by atoms with Crippen LogP contribution in [0.25, 0.3) is 0 Å². The van der Waals surface area contributed by atoms with Gasteiger partial charge < -0.3 is 20.1 Å². The lowest BCUT2D eigenvalue weighted by Gasteiger charge is -2.37. The third-order valence-corrected chi connectivity index (χ3v) is 8.78. The van der Waals surface area contributed by atoms with E-state index in [-0.39, 0.29) is 17.4 Å². The van der Waals surface area contributed by atoms with Gasteiger partial charge in [-0.2, -0.15) is 0 Å². The van der Waals surface area contributed by atoms with Crippen LogP contribution in [-0.2, 0) is 21.6 Å². The molecule has 0 bridgehead atoms. The Hall–Kier alpha value is -1.77. The molecular weight excluding hydrogens is 478 g/mol. The molecule has 2 aliphatic carbocycles. The summed E-state index contributed by atoms with van der Waals surface area (Å²) in [4.78, 5) is 27.2. The fraction of sp³-hybridized carbons (Fsp3) is 0.833. The van der Waals surface area contributed by atoms with Crippen LogP contribution in [0.5, 0.6) is 0 Å². The second kappa shape index (κ2) is 13.5. The van der Waals surface area contributed by atoms with E-state index in [0.29, 0.717) is 25.0 Å². The molecule has 2 heterocycles. The highest BCUT2D eigenvalue weighted by Gasteiger charge is 2.27. The first-order valence-corrected chi connectivity index (χ1v) is 15.0. The highest BCUT2D eigenvalue weighted by molar-refractivity contribution is 5.76. The third kappa shape index (κ3) is 8.62. The first kappa shape index (κ1) is 29.2. The molecule has 0 atom stereocenters. The molecule has 3 fully saturated rings. The second-order valence-electron chi connectivity index (χ2n) is 13.0. The summed E-state index contributed by atoms with van der Waals surface area (Å²) >= 11 is 0. The average Bonchev–Trinajstić information content (AvgIpc) is 2.89. The van der Waals surface area contributed by atoms with Crippen molar-refractivity contribution in [2.75, 3.05) is 44.7 Å². The Morgan fingerprint density at radius 1 is 1.00 bits per heavy atom. The zero-order valence-electron chi connectivity index (χ0n) is 24.3. The molecule has 3 aliphatic rings. The third-order valence-electron chi connectivity index (χ3n) is 8.78. The predicted molar refractivity (Wildman–Crippen MR) is 151 cm³/mol. The summed E-state index contributed by atoms with van der Waals surface area (Å²) < 4.78 is 5.36. The largest absolute Gasteiger partial charge is 0.393 e. The topological polar surface area (TPSA) is 90.8 Å². The molecule has 1 amide bonds. The molecule has 8 nitrogen and oxygen atoms in total. The number of methoxy groups -OCH3 is 1. The summed E-state index contributed by atoms with van der Waals surface area (Å²) in [6.45, 7) is 12.3. The SMILES string of the molecule is COCc1cc(N2CCN(CCC3CCC(NC(=O)CC4CCC(O)CC4)CC3)CC2)nc(C(C)(C)C)n1. The van der Waals surface area contributed by atoms with Gasteiger partial charge >= 0.3 is 0 Å². The van der Waals surface area contributed by atoms with Crippen molar-refractivity contribution in [3.05, 3.63) is 17.6 Å². The lowest BCUT2D eigenvalue weighted by molar-refractivity contribution is -0.123. The van der Waals surface area contributed by atoms with Crippen LogP contribution < -0.4 is 10.2 Å². The molecule has 38 heavy (non-hydrogen) atoms. The van der Waals surface area contributed by atoms with E-state index in [1.165, 1.54) is 19.3 Å². The van der Waals surface area contributed by atoms with Crippen LogP contribution in [0.1, 0.15) is 96.5 Å². The summed E-state index contributed by atoms with van der Waals surface area (Å²) in [5.74, 6) is 3.36. The lowest BCUT2D eigenvalue weighted by atomic mass is 9.83. The molecule has 1 saturated heterocycles. The van der Waals surface area contributed by atoms with Crippen molar-refractivity contribution in [2.45, 2.75) is 109 Å². The number of anilines is 1. The van der Waals surface area contributed by atoms with E-state index in [9.17, 15) is 9.90 Å². The average molecular weight is 530 g/mol. The Morgan fingerprint density at radius 3 is 2.29 bits per heavy atom. The number of piperazine rings is 1. The Labute approximate surface area is 229 Å². The number of aromatic nitrogens is 2. The molecule has 214 valence electrons. The number of rotatable bonds is 9. The second-order valence-corrected chi connectivity index (χ2v) is 13.0. The van der Waals surface area contributed by atoms with Crippen LogP contribution in [-0.4, -0.2) is 77.9 Å². The van der Waals surface area contributed by atoms with Gasteiger partial charge in [-0.3, -0.25) is 9.69 Å². The first-order valence-electron chi connectivity index (χ1n) is 15.0. The molecule has 1 aromatic heterocycles. The highest BCUT2D eigenvalue weighted by atomic mass is 16.5. The fourth-order valence-corrected chi connectivity index (χ4v) is 6.26. The van der Waals surface area contributed by atoms with E-state index >= 15 is 0 Å². The van der Waals surface area contributed by atoms with Crippen molar-refractivity contribution in [2.24, 2.45) is 11.8 Å². The molecule has 0 radical (unpaired) electrons. The Morgan fingerprint density at radius 2 is 1.66 bits per heavy atom. The molecule has 2 N–H and O–H groups in total. The van der Waals surface area contributed by atoms with Gasteiger partial charge in [-0.05, 0) is 76.2 Å². The Bertz CT molecular complexity index is 880. The number of aliphatic hydroxyl groups is 1. The van der Waals surface area contributed by atoms with Crippen LogP contribution >= 0.6 is 0 Å². The van der Waals surface area contributed by atoms with Gasteiger partial charge in [0, 0.05) is 57.2 Å². The van der Waals surface area contributed by atoms with E-state index in [2.05, 4.69) is 42.0 Å². The van der Waals surface area contributed by atoms with E-state index in [0.717, 1.165) is 94.5 Å². The van der Waals surface area contributed by atoms with Gasteiger partial charge in [0.1, 0.15) is 11.6 Å². The highest BCUT2D eigenvalue weighted by Crippen LogP contribution is 2.30. The maximum absolute atomic E-state index is 12.5. The molecule has 0 unspecified atom stereocenters. The van der Waals surface area contributed by atoms with Crippen LogP contribution in [0.15, 0.2) is 6.07 Å². The van der Waals surface area contributed by atoms with E-state index in [4.69, 9.17) is 14.7 Å². The van der Waals surface area contributed by atoms with Crippen LogP contribution in [0.4, 0.5) is 5.82 Å². The minimum atomic E-state index is -0.150. The van der Waals surface area contributed by atoms with Gasteiger partial charge in [0.2, 0.25) is 5.91 Å². The van der Waals surface area contributed by atoms with Crippen molar-refractivity contribution < 1.29 is 14.6 Å². The van der Waals surface area contributed by atoms with Gasteiger partial charge in [0.05, 0.1) is 18.4 Å². The first-order chi connectivity index (χ1) is 18.2. The zero-order chi connectivity index (χ0) is 27.1. The van der Waals surface area contributed by atoms with Gasteiger partial charge in [-0.1, -0.05) is 20.8 Å². The van der Waals surface area contributed by atoms with E-state index < -0.39 is 0 Å². The normalized spacial score (nSPS) is 27.3. The zero-order valence-corrected chi connectivity index (χ0v) is 24.3. The Balaban J connectivity index is 1.15. The molecule has 4 rings (SSSR count). The monoisotopic (exact) mass is 529 g/mol. The van der Waals surface area contributed by atoms with Crippen LogP contribution in [0, 0.1) is 11.8 Å². The van der Waals surface area contributed by atoms with E-state index in [1.54, 1.807) is 7.11 Å². The number of carbonyl (C=O) groups is 1. The number of ether oxygens (including phenoxy) is 1. The number of aliphatic hydroxyl groups excluding tert-OH is 1. The quantitative estimate of drug-likeness (QED) is 0.499. The van der Waals surface area contributed by atoms with Crippen molar-refractivity contribution in [3.8, 4) is 0 Å². The summed E-state index contributed by atoms with van der Waals surface area (Å²) in [5, 5.41) is 13.0. The summed E-state index contributed by atoms with van der Waals surface area (Å²) in [6.07, 6.45) is 10.1. The minimum absolute atomic E-state index is 0.0952. The molecule has 2 saturated carbocycles. The molecule has 1 aromatic rings. The van der Waals surface area contributed by atoms with E-state index in [1.807, 2.05) is 0 Å². The van der Waals surface area contributed by atoms with Crippen LogP contribution in [0.3, 0.4) is 0 Å². The van der Waals surface area contributed by atoms with Gasteiger partial charge in [-0.15, -0.1) is 0 Å².